The molecule has 5 rings (SSSR count). The highest BCUT2D eigenvalue weighted by Crippen LogP contribution is 2.43. The van der Waals surface area contributed by atoms with E-state index >= 15 is 0 Å². The van der Waals surface area contributed by atoms with Gasteiger partial charge in [0.25, 0.3) is 5.91 Å². The fourth-order valence-electron chi connectivity index (χ4n) is 8.25. The van der Waals surface area contributed by atoms with Crippen LogP contribution in [0.1, 0.15) is 116 Å². The predicted octanol–water partition coefficient (Wildman–Crippen LogP) is 3.91. The van der Waals surface area contributed by atoms with Crippen LogP contribution in [0.5, 0.6) is 0 Å². The summed E-state index contributed by atoms with van der Waals surface area (Å²) in [5, 5.41) is 10.9. The van der Waals surface area contributed by atoms with Crippen molar-refractivity contribution in [1.82, 2.24) is 36.1 Å². The molecule has 0 aromatic carbocycles. The monoisotopic (exact) mass is 733 g/mol. The lowest BCUT2D eigenvalue weighted by Crippen LogP contribution is -2.62. The number of halogens is 3. The van der Waals surface area contributed by atoms with Crippen LogP contribution < -0.4 is 21.3 Å². The van der Waals surface area contributed by atoms with Gasteiger partial charge in [0.1, 0.15) is 18.1 Å². The van der Waals surface area contributed by atoms with Crippen LogP contribution >= 0.6 is 0 Å². The maximum Gasteiger partial charge on any atom is 0.409 e. The van der Waals surface area contributed by atoms with Crippen molar-refractivity contribution < 1.29 is 37.1 Å². The zero-order valence-electron chi connectivity index (χ0n) is 30.6. The molecule has 1 saturated heterocycles. The Morgan fingerprint density at radius 1 is 0.923 bits per heavy atom. The molecule has 288 valence electrons. The van der Waals surface area contributed by atoms with Gasteiger partial charge in [0, 0.05) is 25.0 Å². The minimum absolute atomic E-state index is 0.0274. The third-order valence-corrected chi connectivity index (χ3v) is 11.1. The largest absolute Gasteiger partial charge is 0.409 e. The molecular formula is C37H54F3N7O5. The van der Waals surface area contributed by atoms with Gasteiger partial charge in [-0.25, -0.2) is 0 Å². The molecule has 2 heterocycles. The second-order valence-electron chi connectivity index (χ2n) is 16.2. The van der Waals surface area contributed by atoms with Gasteiger partial charge >= 0.3 is 6.18 Å². The zero-order valence-corrected chi connectivity index (χ0v) is 30.6. The SMILES string of the molecule is CCCC(NC(=O)[C@@H]1[C@H]2CCC[C@H]2CN1C(=O)[C@@H](NC(=O)[C@@H](N[C@@H](c1cnccn1)C(F)(F)F)C1CCCCC1)C(C)(C)C)C(=O)C(=O)NC1CC1. The first kappa shape index (κ1) is 39.6. The van der Waals surface area contributed by atoms with Gasteiger partial charge in [0.15, 0.2) is 0 Å². The Morgan fingerprint density at radius 3 is 2.23 bits per heavy atom. The molecule has 3 aliphatic carbocycles. The molecule has 52 heavy (non-hydrogen) atoms. The lowest BCUT2D eigenvalue weighted by molar-refractivity contribution is -0.163. The predicted molar refractivity (Wildman–Crippen MR) is 185 cm³/mol. The van der Waals surface area contributed by atoms with Crippen LogP contribution in [-0.4, -0.2) is 87.2 Å². The number of rotatable bonds is 14. The number of hydrogen-bond donors (Lipinski definition) is 4. The quantitative estimate of drug-likeness (QED) is 0.209. The number of alkyl halides is 3. The third kappa shape index (κ3) is 9.48. The molecular weight excluding hydrogens is 679 g/mol. The van der Waals surface area contributed by atoms with Crippen LogP contribution in [0.2, 0.25) is 0 Å². The lowest BCUT2D eigenvalue weighted by Gasteiger charge is -2.39. The summed E-state index contributed by atoms with van der Waals surface area (Å²) in [6, 6.07) is -6.74. The third-order valence-electron chi connectivity index (χ3n) is 11.1. The van der Waals surface area contributed by atoms with Crippen molar-refractivity contribution in [2.24, 2.45) is 23.2 Å². The van der Waals surface area contributed by atoms with E-state index in [4.69, 9.17) is 0 Å². The van der Waals surface area contributed by atoms with E-state index < -0.39 is 77.1 Å². The Bertz CT molecular complexity index is 1440. The number of nitrogens with zero attached hydrogens (tertiary/aromatic N) is 3. The van der Waals surface area contributed by atoms with E-state index in [1.807, 2.05) is 6.92 Å². The first-order valence-corrected chi connectivity index (χ1v) is 18.9. The standard InChI is InChI=1S/C37H54F3N7O5/c1-5-10-25(29(48)34(51)43-23-15-16-23)44-33(50)28-24-14-9-13-22(24)20-47(28)35(52)31(36(2,3)4)46-32(49)27(21-11-7-6-8-12-21)45-30(37(38,39)40)26-19-41-17-18-42-26/h17-19,21-25,27-28,30-31,45H,5-16,20H2,1-4H3,(H,43,51)(H,44,50)(H,46,49)/t22-,24-,25?,27-,28-,30-,31+/m0/s1. The van der Waals surface area contributed by atoms with Crippen molar-refractivity contribution in [2.75, 3.05) is 6.54 Å². The van der Waals surface area contributed by atoms with E-state index in [-0.39, 0.29) is 36.5 Å². The summed E-state index contributed by atoms with van der Waals surface area (Å²) in [6.07, 6.45) is 6.97. The highest BCUT2D eigenvalue weighted by Gasteiger charge is 2.53. The highest BCUT2D eigenvalue weighted by molar-refractivity contribution is 6.38. The molecule has 4 aliphatic rings. The summed E-state index contributed by atoms with van der Waals surface area (Å²) in [4.78, 5) is 78.0. The molecule has 1 aromatic heterocycles. The number of likely N-dealkylation sites (tertiary alicyclic amines) is 1. The Morgan fingerprint density at radius 2 is 1.63 bits per heavy atom. The Balaban J connectivity index is 1.39. The van der Waals surface area contributed by atoms with Gasteiger partial charge in [-0.2, -0.15) is 13.2 Å². The zero-order chi connectivity index (χ0) is 37.8. The van der Waals surface area contributed by atoms with Crippen molar-refractivity contribution in [3.8, 4) is 0 Å². The van der Waals surface area contributed by atoms with E-state index in [1.165, 1.54) is 17.3 Å². The molecule has 1 aliphatic heterocycles. The molecule has 3 saturated carbocycles. The molecule has 15 heteroatoms. The topological polar surface area (TPSA) is 162 Å². The number of Topliss-reactive ketones (excluding diaryl/α,β-unsaturated/α-hetero) is 1. The molecule has 0 radical (unpaired) electrons. The lowest BCUT2D eigenvalue weighted by atomic mass is 9.81. The van der Waals surface area contributed by atoms with E-state index in [9.17, 15) is 37.1 Å². The summed E-state index contributed by atoms with van der Waals surface area (Å²) in [7, 11) is 0. The number of fused-ring (bicyclic) bond motifs is 1. The van der Waals surface area contributed by atoms with Crippen molar-refractivity contribution in [2.45, 2.75) is 147 Å². The van der Waals surface area contributed by atoms with E-state index in [2.05, 4.69) is 31.2 Å². The fraction of sp³-hybridized carbons (Fsp3) is 0.757. The normalized spacial score (nSPS) is 24.7. The minimum Gasteiger partial charge on any atom is -0.347 e. The van der Waals surface area contributed by atoms with Crippen LogP contribution in [0.25, 0.3) is 0 Å². The van der Waals surface area contributed by atoms with Gasteiger partial charge in [0.05, 0.1) is 24.0 Å². The maximum atomic E-state index is 14.6. The maximum absolute atomic E-state index is 14.6. The molecule has 12 nitrogen and oxygen atoms in total. The van der Waals surface area contributed by atoms with Gasteiger partial charge < -0.3 is 20.9 Å². The van der Waals surface area contributed by atoms with E-state index in [0.29, 0.717) is 25.7 Å². The van der Waals surface area contributed by atoms with Gasteiger partial charge in [-0.1, -0.05) is 59.8 Å². The van der Waals surface area contributed by atoms with Gasteiger partial charge in [-0.15, -0.1) is 0 Å². The molecule has 0 bridgehead atoms. The average Bonchev–Trinajstić information content (AvgIpc) is 3.66. The van der Waals surface area contributed by atoms with E-state index in [1.54, 1.807) is 20.8 Å². The number of nitrogens with one attached hydrogen (secondary N) is 4. The molecule has 4 amide bonds. The van der Waals surface area contributed by atoms with Crippen LogP contribution in [-0.2, 0) is 24.0 Å². The Hall–Kier alpha value is -3.62. The van der Waals surface area contributed by atoms with Crippen LogP contribution in [0.3, 0.4) is 0 Å². The molecule has 7 atom stereocenters. The summed E-state index contributed by atoms with van der Waals surface area (Å²) < 4.78 is 43.5. The van der Waals surface area contributed by atoms with Gasteiger partial charge in [-0.05, 0) is 68.1 Å². The summed E-state index contributed by atoms with van der Waals surface area (Å²) in [5.41, 5.74) is -1.26. The molecule has 1 unspecified atom stereocenters. The number of hydrogen-bond acceptors (Lipinski definition) is 8. The first-order chi connectivity index (χ1) is 24.6. The minimum atomic E-state index is -4.79. The number of aromatic nitrogens is 2. The summed E-state index contributed by atoms with van der Waals surface area (Å²) in [5.74, 6) is -3.77. The van der Waals surface area contributed by atoms with Crippen molar-refractivity contribution in [3.05, 3.63) is 24.3 Å². The first-order valence-electron chi connectivity index (χ1n) is 18.9. The van der Waals surface area contributed by atoms with Gasteiger partial charge in [0.2, 0.25) is 23.5 Å². The highest BCUT2D eigenvalue weighted by atomic mass is 19.4. The second kappa shape index (κ2) is 16.6. The average molecular weight is 734 g/mol. The smallest absolute Gasteiger partial charge is 0.347 e. The second-order valence-corrected chi connectivity index (χ2v) is 16.2. The summed E-state index contributed by atoms with van der Waals surface area (Å²) in [6.45, 7) is 7.40. The molecule has 0 spiro atoms. The van der Waals surface area contributed by atoms with Crippen LogP contribution in [0.15, 0.2) is 18.6 Å². The van der Waals surface area contributed by atoms with Crippen molar-refractivity contribution in [3.63, 3.8) is 0 Å². The number of amides is 4. The van der Waals surface area contributed by atoms with Crippen molar-refractivity contribution >= 4 is 29.4 Å². The summed E-state index contributed by atoms with van der Waals surface area (Å²) >= 11 is 0. The molecule has 4 fully saturated rings. The molecule has 4 N–H and O–H groups in total. The molecule has 1 aromatic rings. The van der Waals surface area contributed by atoms with Crippen LogP contribution in [0, 0.1) is 23.2 Å². The number of carbonyl (C=O) groups excluding carboxylic acids is 5. The number of ketones is 1. The Labute approximate surface area is 303 Å². The van der Waals surface area contributed by atoms with Crippen molar-refractivity contribution in [1.29, 1.82) is 0 Å². The van der Waals surface area contributed by atoms with Gasteiger partial charge in [-0.3, -0.25) is 39.3 Å². The fourth-order valence-corrected chi connectivity index (χ4v) is 8.25. The van der Waals surface area contributed by atoms with E-state index in [0.717, 1.165) is 51.1 Å². The Kier molecular flexibility index (Phi) is 12.6. The van der Waals surface area contributed by atoms with Crippen LogP contribution in [0.4, 0.5) is 13.2 Å². The number of carbonyl (C=O) groups is 5.